The van der Waals surface area contributed by atoms with Crippen molar-refractivity contribution in [3.8, 4) is 0 Å². The zero-order valence-corrected chi connectivity index (χ0v) is 10.8. The molecule has 0 saturated heterocycles. The molecular formula is C14H20FNO2. The predicted molar refractivity (Wildman–Crippen MR) is 68.6 cm³/mol. The number of hydrogen-bond donors (Lipinski definition) is 2. The summed E-state index contributed by atoms with van der Waals surface area (Å²) in [6.07, 6.45) is 1.04. The summed E-state index contributed by atoms with van der Waals surface area (Å²) in [5, 5.41) is 11.5. The average Bonchev–Trinajstić information content (AvgIpc) is 2.28. The Balaban J connectivity index is 2.42. The van der Waals surface area contributed by atoms with Crippen molar-refractivity contribution in [2.45, 2.75) is 32.7 Å². The lowest BCUT2D eigenvalue weighted by Crippen LogP contribution is -2.35. The van der Waals surface area contributed by atoms with E-state index in [1.54, 1.807) is 13.0 Å². The molecule has 0 aliphatic heterocycles. The molecule has 0 radical (unpaired) electrons. The van der Waals surface area contributed by atoms with E-state index in [2.05, 4.69) is 5.32 Å². The van der Waals surface area contributed by atoms with E-state index in [9.17, 15) is 9.18 Å². The zero-order valence-electron chi connectivity index (χ0n) is 10.8. The van der Waals surface area contributed by atoms with Crippen LogP contribution >= 0.6 is 0 Å². The normalized spacial score (nSPS) is 14.0. The fourth-order valence-corrected chi connectivity index (χ4v) is 1.83. The van der Waals surface area contributed by atoms with Crippen molar-refractivity contribution in [2.75, 3.05) is 6.61 Å². The highest BCUT2D eigenvalue weighted by atomic mass is 19.1. The number of nitrogens with one attached hydrogen (secondary N) is 1. The van der Waals surface area contributed by atoms with E-state index in [-0.39, 0.29) is 30.3 Å². The van der Waals surface area contributed by atoms with Gasteiger partial charge in [-0.15, -0.1) is 0 Å². The molecule has 4 heteroatoms. The number of hydrogen-bond acceptors (Lipinski definition) is 2. The Kier molecular flexibility index (Phi) is 5.78. The zero-order chi connectivity index (χ0) is 13.5. The summed E-state index contributed by atoms with van der Waals surface area (Å²) in [4.78, 5) is 11.6. The Bertz CT molecular complexity index is 395. The maximum Gasteiger partial charge on any atom is 0.220 e. The van der Waals surface area contributed by atoms with E-state index in [1.807, 2.05) is 13.0 Å². The van der Waals surface area contributed by atoms with Crippen LogP contribution in [-0.2, 0) is 11.2 Å². The number of carbonyl (C=O) groups is 1. The molecule has 2 unspecified atom stereocenters. The van der Waals surface area contributed by atoms with Crippen molar-refractivity contribution in [2.24, 2.45) is 5.92 Å². The van der Waals surface area contributed by atoms with Gasteiger partial charge in [-0.1, -0.05) is 19.1 Å². The van der Waals surface area contributed by atoms with E-state index < -0.39 is 0 Å². The van der Waals surface area contributed by atoms with Crippen molar-refractivity contribution in [1.82, 2.24) is 5.32 Å². The van der Waals surface area contributed by atoms with Gasteiger partial charge in [0, 0.05) is 12.5 Å². The van der Waals surface area contributed by atoms with Gasteiger partial charge in [-0.3, -0.25) is 4.79 Å². The van der Waals surface area contributed by atoms with E-state index in [4.69, 9.17) is 5.11 Å². The fraction of sp³-hybridized carbons (Fsp3) is 0.500. The van der Waals surface area contributed by atoms with Crippen molar-refractivity contribution in [3.05, 3.63) is 35.6 Å². The van der Waals surface area contributed by atoms with Crippen LogP contribution in [0.4, 0.5) is 4.39 Å². The molecule has 3 nitrogen and oxygen atoms in total. The molecule has 0 aromatic heterocycles. The van der Waals surface area contributed by atoms with Crippen molar-refractivity contribution < 1.29 is 14.3 Å². The smallest absolute Gasteiger partial charge is 0.220 e. The first kappa shape index (κ1) is 14.6. The van der Waals surface area contributed by atoms with E-state index in [0.29, 0.717) is 12.8 Å². The largest absolute Gasteiger partial charge is 0.394 e. The maximum absolute atomic E-state index is 13.0. The third-order valence-electron chi connectivity index (χ3n) is 2.69. The minimum atomic E-state index is -0.252. The van der Waals surface area contributed by atoms with Gasteiger partial charge in [-0.25, -0.2) is 4.39 Å². The molecule has 1 aromatic carbocycles. The summed E-state index contributed by atoms with van der Waals surface area (Å²) in [6.45, 7) is 3.63. The molecule has 0 fully saturated rings. The van der Waals surface area contributed by atoms with Crippen LogP contribution in [-0.4, -0.2) is 23.7 Å². The molecule has 0 spiro atoms. The van der Waals surface area contributed by atoms with E-state index in [1.165, 1.54) is 12.1 Å². The fourth-order valence-electron chi connectivity index (χ4n) is 1.83. The second-order valence-corrected chi connectivity index (χ2v) is 4.79. The molecular weight excluding hydrogens is 233 g/mol. The monoisotopic (exact) mass is 253 g/mol. The molecule has 100 valence electrons. The molecule has 1 rings (SSSR count). The maximum atomic E-state index is 13.0. The lowest BCUT2D eigenvalue weighted by Gasteiger charge is -2.14. The van der Waals surface area contributed by atoms with Gasteiger partial charge in [0.25, 0.3) is 0 Å². The Morgan fingerprint density at radius 1 is 1.44 bits per heavy atom. The van der Waals surface area contributed by atoms with E-state index >= 15 is 0 Å². The molecule has 0 aliphatic rings. The topological polar surface area (TPSA) is 49.3 Å². The van der Waals surface area contributed by atoms with Crippen LogP contribution in [0.3, 0.4) is 0 Å². The minimum Gasteiger partial charge on any atom is -0.394 e. The van der Waals surface area contributed by atoms with Crippen molar-refractivity contribution >= 4 is 5.91 Å². The number of rotatable bonds is 6. The van der Waals surface area contributed by atoms with Crippen LogP contribution in [0, 0.1) is 11.7 Å². The third kappa shape index (κ3) is 5.27. The predicted octanol–water partition coefficient (Wildman–Crippen LogP) is 1.89. The van der Waals surface area contributed by atoms with Gasteiger partial charge in [0.2, 0.25) is 5.91 Å². The Morgan fingerprint density at radius 2 is 2.17 bits per heavy atom. The average molecular weight is 253 g/mol. The molecule has 2 N–H and O–H groups in total. The third-order valence-corrected chi connectivity index (χ3v) is 2.69. The van der Waals surface area contributed by atoms with Gasteiger partial charge in [0.1, 0.15) is 5.82 Å². The standard InChI is InChI=1S/C14H20FNO2/c1-10(7-14(18)16-11(2)9-17)6-12-4-3-5-13(15)8-12/h3-5,8,10-11,17H,6-7,9H2,1-2H3,(H,16,18). The molecule has 0 aliphatic carbocycles. The first-order chi connectivity index (χ1) is 8.51. The highest BCUT2D eigenvalue weighted by Gasteiger charge is 2.12. The van der Waals surface area contributed by atoms with Gasteiger partial charge in [0.15, 0.2) is 0 Å². The summed E-state index contributed by atoms with van der Waals surface area (Å²) >= 11 is 0. The van der Waals surface area contributed by atoms with Gasteiger partial charge >= 0.3 is 0 Å². The number of halogens is 1. The minimum absolute atomic E-state index is 0.0655. The second kappa shape index (κ2) is 7.11. The van der Waals surface area contributed by atoms with Crippen LogP contribution in [0.25, 0.3) is 0 Å². The molecule has 18 heavy (non-hydrogen) atoms. The lowest BCUT2D eigenvalue weighted by atomic mass is 9.97. The van der Waals surface area contributed by atoms with Crippen LogP contribution < -0.4 is 5.32 Å². The number of carbonyl (C=O) groups excluding carboxylic acids is 1. The molecule has 0 saturated carbocycles. The summed E-state index contributed by atoms with van der Waals surface area (Å²) in [5.41, 5.74) is 0.894. The van der Waals surface area contributed by atoms with Crippen molar-refractivity contribution in [3.63, 3.8) is 0 Å². The summed E-state index contributed by atoms with van der Waals surface area (Å²) in [7, 11) is 0. The molecule has 2 atom stereocenters. The summed E-state index contributed by atoms with van der Waals surface area (Å²) < 4.78 is 13.0. The quantitative estimate of drug-likeness (QED) is 0.813. The summed E-state index contributed by atoms with van der Waals surface area (Å²) in [5.74, 6) is -0.198. The highest BCUT2D eigenvalue weighted by Crippen LogP contribution is 2.13. The lowest BCUT2D eigenvalue weighted by molar-refractivity contribution is -0.122. The van der Waals surface area contributed by atoms with E-state index in [0.717, 1.165) is 5.56 Å². The Morgan fingerprint density at radius 3 is 2.78 bits per heavy atom. The molecule has 1 aromatic rings. The number of amides is 1. The Hall–Kier alpha value is -1.42. The number of aliphatic hydroxyl groups is 1. The second-order valence-electron chi connectivity index (χ2n) is 4.79. The molecule has 1 amide bonds. The summed E-state index contributed by atoms with van der Waals surface area (Å²) in [6, 6.07) is 6.20. The van der Waals surface area contributed by atoms with Crippen molar-refractivity contribution in [1.29, 1.82) is 0 Å². The Labute approximate surface area is 107 Å². The van der Waals surface area contributed by atoms with Gasteiger partial charge in [0.05, 0.1) is 6.61 Å². The van der Waals surface area contributed by atoms with Gasteiger partial charge < -0.3 is 10.4 Å². The van der Waals surface area contributed by atoms with Gasteiger partial charge in [-0.05, 0) is 37.0 Å². The van der Waals surface area contributed by atoms with Crippen LogP contribution in [0.1, 0.15) is 25.8 Å². The highest BCUT2D eigenvalue weighted by molar-refractivity contribution is 5.76. The first-order valence-electron chi connectivity index (χ1n) is 6.16. The SMILES string of the molecule is CC(CC(=O)NC(C)CO)Cc1cccc(F)c1. The number of aliphatic hydroxyl groups excluding tert-OH is 1. The van der Waals surface area contributed by atoms with Crippen LogP contribution in [0.15, 0.2) is 24.3 Å². The molecule has 0 bridgehead atoms. The number of benzene rings is 1. The van der Waals surface area contributed by atoms with Crippen LogP contribution in [0.5, 0.6) is 0 Å². The van der Waals surface area contributed by atoms with Crippen LogP contribution in [0.2, 0.25) is 0 Å². The molecule has 0 heterocycles. The van der Waals surface area contributed by atoms with Gasteiger partial charge in [-0.2, -0.15) is 0 Å². The first-order valence-corrected chi connectivity index (χ1v) is 6.16.